The minimum absolute atomic E-state index is 0.00205. The van der Waals surface area contributed by atoms with Crippen molar-refractivity contribution in [3.05, 3.63) is 28.7 Å². The number of anilines is 1. The van der Waals surface area contributed by atoms with E-state index in [1.165, 1.54) is 18.6 Å². The molecule has 0 aliphatic heterocycles. The van der Waals surface area contributed by atoms with Gasteiger partial charge in [-0.1, -0.05) is 28.4 Å². The zero-order valence-corrected chi connectivity index (χ0v) is 13.6. The van der Waals surface area contributed by atoms with E-state index in [-0.39, 0.29) is 5.91 Å². The maximum Gasteiger partial charge on any atom is 0.238 e. The molecular formula is C14H21BrN2OS. The number of hydrogen-bond donors (Lipinski definition) is 2. The first-order chi connectivity index (χ1) is 9.22. The van der Waals surface area contributed by atoms with Crippen molar-refractivity contribution in [2.24, 2.45) is 0 Å². The lowest BCUT2D eigenvalue weighted by Gasteiger charge is -2.07. The van der Waals surface area contributed by atoms with Crippen molar-refractivity contribution >= 4 is 39.3 Å². The molecule has 1 aromatic carbocycles. The lowest BCUT2D eigenvalue weighted by atomic mass is 10.2. The summed E-state index contributed by atoms with van der Waals surface area (Å²) in [6, 6.07) is 7.60. The van der Waals surface area contributed by atoms with Gasteiger partial charge < -0.3 is 10.6 Å². The molecule has 0 aliphatic carbocycles. The largest absolute Gasteiger partial charge is 0.325 e. The van der Waals surface area contributed by atoms with Crippen LogP contribution in [0.15, 0.2) is 28.7 Å². The van der Waals surface area contributed by atoms with E-state index in [1.54, 1.807) is 0 Å². The van der Waals surface area contributed by atoms with Crippen LogP contribution in [0.3, 0.4) is 0 Å². The zero-order chi connectivity index (χ0) is 13.9. The van der Waals surface area contributed by atoms with Gasteiger partial charge in [-0.2, -0.15) is 11.8 Å². The van der Waals surface area contributed by atoms with E-state index in [1.807, 2.05) is 36.0 Å². The first-order valence-electron chi connectivity index (χ1n) is 6.47. The molecule has 0 radical (unpaired) electrons. The predicted molar refractivity (Wildman–Crippen MR) is 87.9 cm³/mol. The molecule has 3 nitrogen and oxygen atoms in total. The summed E-state index contributed by atoms with van der Waals surface area (Å²) in [4.78, 5) is 11.7. The van der Waals surface area contributed by atoms with E-state index in [0.717, 1.165) is 23.1 Å². The summed E-state index contributed by atoms with van der Waals surface area (Å²) in [6.07, 6.45) is 5.74. The van der Waals surface area contributed by atoms with E-state index in [4.69, 9.17) is 0 Å². The number of carbonyl (C=O) groups excluding carboxylic acids is 1. The molecule has 0 aromatic heterocycles. The number of unbranched alkanes of at least 4 members (excludes halogenated alkanes) is 2. The number of rotatable bonds is 9. The van der Waals surface area contributed by atoms with Gasteiger partial charge in [0.15, 0.2) is 0 Å². The maximum atomic E-state index is 11.7. The van der Waals surface area contributed by atoms with Crippen LogP contribution in [-0.2, 0) is 4.79 Å². The van der Waals surface area contributed by atoms with Gasteiger partial charge in [-0.15, -0.1) is 0 Å². The number of amides is 1. The highest BCUT2D eigenvalue weighted by Crippen LogP contribution is 2.15. The molecule has 0 spiro atoms. The Bertz CT molecular complexity index is 387. The fourth-order valence-electron chi connectivity index (χ4n) is 1.65. The lowest BCUT2D eigenvalue weighted by Crippen LogP contribution is -2.28. The van der Waals surface area contributed by atoms with E-state index in [2.05, 4.69) is 32.8 Å². The van der Waals surface area contributed by atoms with Crippen LogP contribution in [-0.4, -0.2) is 31.0 Å². The molecule has 0 saturated carbocycles. The number of carbonyl (C=O) groups is 1. The van der Waals surface area contributed by atoms with Gasteiger partial charge in [-0.3, -0.25) is 4.79 Å². The standard InChI is InChI=1S/C14H21BrN2OS/c1-19-9-4-2-3-8-16-11-14(18)17-13-7-5-6-12(15)10-13/h5-7,10,16H,2-4,8-9,11H2,1H3,(H,17,18). The molecule has 2 N–H and O–H groups in total. The highest BCUT2D eigenvalue weighted by atomic mass is 79.9. The number of nitrogens with one attached hydrogen (secondary N) is 2. The summed E-state index contributed by atoms with van der Waals surface area (Å²) in [7, 11) is 0. The van der Waals surface area contributed by atoms with Gasteiger partial charge in [0.25, 0.3) is 0 Å². The Balaban J connectivity index is 2.08. The molecule has 0 unspecified atom stereocenters. The molecule has 1 rings (SSSR count). The second-order valence-corrected chi connectivity index (χ2v) is 6.19. The number of thioether (sulfide) groups is 1. The first kappa shape index (κ1) is 16.5. The highest BCUT2D eigenvalue weighted by molar-refractivity contribution is 9.10. The Morgan fingerprint density at radius 3 is 2.89 bits per heavy atom. The minimum Gasteiger partial charge on any atom is -0.325 e. The van der Waals surface area contributed by atoms with Gasteiger partial charge in [0.2, 0.25) is 5.91 Å². The highest BCUT2D eigenvalue weighted by Gasteiger charge is 2.01. The van der Waals surface area contributed by atoms with Crippen molar-refractivity contribution in [3.63, 3.8) is 0 Å². The molecule has 0 atom stereocenters. The van der Waals surface area contributed by atoms with Crippen molar-refractivity contribution in [1.29, 1.82) is 0 Å². The van der Waals surface area contributed by atoms with E-state index >= 15 is 0 Å². The Hall–Kier alpha value is -0.520. The summed E-state index contributed by atoms with van der Waals surface area (Å²) in [6.45, 7) is 1.27. The summed E-state index contributed by atoms with van der Waals surface area (Å²) >= 11 is 5.26. The summed E-state index contributed by atoms with van der Waals surface area (Å²) in [5.41, 5.74) is 0.821. The van der Waals surface area contributed by atoms with Crippen molar-refractivity contribution in [2.45, 2.75) is 19.3 Å². The van der Waals surface area contributed by atoms with Crippen LogP contribution in [0.2, 0.25) is 0 Å². The fourth-order valence-corrected chi connectivity index (χ4v) is 2.54. The molecule has 5 heteroatoms. The molecular weight excluding hydrogens is 324 g/mol. The monoisotopic (exact) mass is 344 g/mol. The topological polar surface area (TPSA) is 41.1 Å². The third-order valence-corrected chi connectivity index (χ3v) is 3.79. The smallest absolute Gasteiger partial charge is 0.238 e. The fraction of sp³-hybridized carbons (Fsp3) is 0.500. The van der Waals surface area contributed by atoms with Crippen molar-refractivity contribution in [2.75, 3.05) is 30.4 Å². The molecule has 0 saturated heterocycles. The quantitative estimate of drug-likeness (QED) is 0.673. The van der Waals surface area contributed by atoms with Gasteiger partial charge in [-0.05, 0) is 49.6 Å². The Labute approximate surface area is 128 Å². The Kier molecular flexibility index (Phi) is 8.95. The molecule has 19 heavy (non-hydrogen) atoms. The Morgan fingerprint density at radius 2 is 2.16 bits per heavy atom. The Morgan fingerprint density at radius 1 is 1.32 bits per heavy atom. The molecule has 1 amide bonds. The summed E-state index contributed by atoms with van der Waals surface area (Å²) < 4.78 is 0.965. The van der Waals surface area contributed by atoms with Crippen LogP contribution in [0.5, 0.6) is 0 Å². The number of benzene rings is 1. The maximum absolute atomic E-state index is 11.7. The van der Waals surface area contributed by atoms with E-state index < -0.39 is 0 Å². The second kappa shape index (κ2) is 10.3. The molecule has 0 heterocycles. The molecule has 0 bridgehead atoms. The van der Waals surface area contributed by atoms with E-state index in [9.17, 15) is 4.79 Å². The van der Waals surface area contributed by atoms with Crippen LogP contribution in [0.1, 0.15) is 19.3 Å². The third kappa shape index (κ3) is 8.29. The lowest BCUT2D eigenvalue weighted by molar-refractivity contribution is -0.115. The van der Waals surface area contributed by atoms with Crippen molar-refractivity contribution in [3.8, 4) is 0 Å². The van der Waals surface area contributed by atoms with Crippen molar-refractivity contribution in [1.82, 2.24) is 5.32 Å². The van der Waals surface area contributed by atoms with Gasteiger partial charge in [0.05, 0.1) is 6.54 Å². The number of halogens is 1. The zero-order valence-electron chi connectivity index (χ0n) is 11.2. The van der Waals surface area contributed by atoms with Crippen LogP contribution in [0.25, 0.3) is 0 Å². The van der Waals surface area contributed by atoms with Crippen LogP contribution in [0.4, 0.5) is 5.69 Å². The third-order valence-electron chi connectivity index (χ3n) is 2.60. The van der Waals surface area contributed by atoms with Crippen LogP contribution < -0.4 is 10.6 Å². The van der Waals surface area contributed by atoms with Crippen LogP contribution in [0, 0.1) is 0 Å². The van der Waals surface area contributed by atoms with Crippen molar-refractivity contribution < 1.29 is 4.79 Å². The first-order valence-corrected chi connectivity index (χ1v) is 8.66. The molecule has 106 valence electrons. The average Bonchev–Trinajstić information content (AvgIpc) is 2.37. The molecule has 0 aliphatic rings. The predicted octanol–water partition coefficient (Wildman–Crippen LogP) is 3.51. The normalized spacial score (nSPS) is 10.4. The minimum atomic E-state index is 0.00205. The average molecular weight is 345 g/mol. The molecule has 1 aromatic rings. The van der Waals surface area contributed by atoms with Gasteiger partial charge >= 0.3 is 0 Å². The summed E-state index contributed by atoms with van der Waals surface area (Å²) in [5, 5.41) is 6.03. The van der Waals surface area contributed by atoms with Gasteiger partial charge in [-0.25, -0.2) is 0 Å². The summed E-state index contributed by atoms with van der Waals surface area (Å²) in [5.74, 6) is 1.23. The van der Waals surface area contributed by atoms with Gasteiger partial charge in [0.1, 0.15) is 0 Å². The van der Waals surface area contributed by atoms with E-state index in [0.29, 0.717) is 6.54 Å². The SMILES string of the molecule is CSCCCCCNCC(=O)Nc1cccc(Br)c1. The number of hydrogen-bond acceptors (Lipinski definition) is 3. The van der Waals surface area contributed by atoms with Crippen LogP contribution >= 0.6 is 27.7 Å². The molecule has 0 fully saturated rings. The van der Waals surface area contributed by atoms with Gasteiger partial charge in [0, 0.05) is 10.2 Å². The second-order valence-electron chi connectivity index (χ2n) is 4.29.